The Morgan fingerprint density at radius 1 is 1.43 bits per heavy atom. The first kappa shape index (κ1) is 17.0. The van der Waals surface area contributed by atoms with Crippen molar-refractivity contribution < 1.29 is 4.79 Å². The Morgan fingerprint density at radius 2 is 2.19 bits per heavy atom. The van der Waals surface area contributed by atoms with Gasteiger partial charge in [0.25, 0.3) is 0 Å². The van der Waals surface area contributed by atoms with Crippen LogP contribution >= 0.6 is 0 Å². The van der Waals surface area contributed by atoms with Crippen LogP contribution in [0, 0.1) is 0 Å². The van der Waals surface area contributed by atoms with E-state index in [-0.39, 0.29) is 12.5 Å². The monoisotopic (exact) mass is 294 g/mol. The van der Waals surface area contributed by atoms with Gasteiger partial charge in [-0.05, 0) is 12.5 Å². The summed E-state index contributed by atoms with van der Waals surface area (Å²) in [6, 6.07) is 1.93. The van der Waals surface area contributed by atoms with Gasteiger partial charge in [0.15, 0.2) is 5.96 Å². The zero-order valence-electron chi connectivity index (χ0n) is 13.4. The third kappa shape index (κ3) is 6.29. The number of aryl methyl sites for hydroxylation is 1. The second-order valence-electron chi connectivity index (χ2n) is 5.03. The van der Waals surface area contributed by atoms with Gasteiger partial charge in [0, 0.05) is 33.9 Å². The minimum Gasteiger partial charge on any atom is -0.356 e. The van der Waals surface area contributed by atoms with E-state index >= 15 is 0 Å². The van der Waals surface area contributed by atoms with Crippen molar-refractivity contribution in [2.45, 2.75) is 26.3 Å². The molecule has 0 saturated carbocycles. The molecule has 0 atom stereocenters. The van der Waals surface area contributed by atoms with Crippen molar-refractivity contribution in [1.29, 1.82) is 0 Å². The molecule has 0 radical (unpaired) electrons. The average Bonchev–Trinajstić information content (AvgIpc) is 2.86. The molecule has 118 valence electrons. The molecule has 0 unspecified atom stereocenters. The lowest BCUT2D eigenvalue weighted by Gasteiger charge is -2.14. The number of nitrogens with one attached hydrogen (secondary N) is 2. The number of carbonyl (C=O) groups is 1. The van der Waals surface area contributed by atoms with E-state index in [9.17, 15) is 4.79 Å². The van der Waals surface area contributed by atoms with Crippen LogP contribution in [-0.4, -0.2) is 53.7 Å². The lowest BCUT2D eigenvalue weighted by atomic mass is 10.3. The molecule has 1 heterocycles. The minimum absolute atomic E-state index is 0.0144. The molecule has 2 N–H and O–H groups in total. The lowest BCUT2D eigenvalue weighted by molar-refractivity contribution is -0.127. The van der Waals surface area contributed by atoms with Crippen LogP contribution in [0.2, 0.25) is 0 Å². The number of unbranched alkanes of at least 4 members (excludes halogenated alkanes) is 1. The van der Waals surface area contributed by atoms with E-state index in [0.29, 0.717) is 12.5 Å². The number of rotatable bonds is 7. The molecule has 1 rings (SSSR count). The van der Waals surface area contributed by atoms with Crippen molar-refractivity contribution in [3.05, 3.63) is 18.0 Å². The quantitative estimate of drug-likeness (QED) is 0.432. The van der Waals surface area contributed by atoms with Gasteiger partial charge in [0.05, 0.1) is 18.8 Å². The van der Waals surface area contributed by atoms with Gasteiger partial charge >= 0.3 is 0 Å². The number of hydrogen-bond acceptors (Lipinski definition) is 3. The summed E-state index contributed by atoms with van der Waals surface area (Å²) in [5.74, 6) is 0.667. The van der Waals surface area contributed by atoms with Crippen LogP contribution in [0.1, 0.15) is 25.5 Å². The molecule has 1 aromatic rings. The molecule has 1 amide bonds. The van der Waals surface area contributed by atoms with Crippen LogP contribution in [0.25, 0.3) is 0 Å². The number of nitrogens with zero attached hydrogens (tertiary/aromatic N) is 4. The zero-order chi connectivity index (χ0) is 15.7. The van der Waals surface area contributed by atoms with Crippen molar-refractivity contribution >= 4 is 11.9 Å². The van der Waals surface area contributed by atoms with Gasteiger partial charge < -0.3 is 15.5 Å². The SMILES string of the molecule is CCCCNC(=NCc1ccnn1C)NCC(=O)N(C)C. The Morgan fingerprint density at radius 3 is 2.76 bits per heavy atom. The first-order valence-corrected chi connectivity index (χ1v) is 7.23. The second-order valence-corrected chi connectivity index (χ2v) is 5.03. The zero-order valence-corrected chi connectivity index (χ0v) is 13.4. The van der Waals surface area contributed by atoms with Crippen molar-refractivity contribution in [3.8, 4) is 0 Å². The van der Waals surface area contributed by atoms with Gasteiger partial charge in [0.2, 0.25) is 5.91 Å². The van der Waals surface area contributed by atoms with E-state index in [1.807, 2.05) is 13.1 Å². The fourth-order valence-corrected chi connectivity index (χ4v) is 1.59. The molecule has 7 nitrogen and oxygen atoms in total. The summed E-state index contributed by atoms with van der Waals surface area (Å²) < 4.78 is 1.79. The third-order valence-electron chi connectivity index (χ3n) is 3.05. The number of guanidine groups is 1. The number of likely N-dealkylation sites (N-methyl/N-ethyl adjacent to an activating group) is 1. The minimum atomic E-state index is 0.0144. The normalized spacial score (nSPS) is 11.3. The highest BCUT2D eigenvalue weighted by Gasteiger charge is 2.06. The molecule has 1 aromatic heterocycles. The van der Waals surface area contributed by atoms with E-state index in [1.54, 1.807) is 29.9 Å². The highest BCUT2D eigenvalue weighted by Crippen LogP contribution is 1.98. The summed E-state index contributed by atoms with van der Waals surface area (Å²) in [6.45, 7) is 3.73. The van der Waals surface area contributed by atoms with E-state index in [1.165, 1.54) is 0 Å². The molecule has 0 aromatic carbocycles. The highest BCUT2D eigenvalue weighted by atomic mass is 16.2. The first-order valence-electron chi connectivity index (χ1n) is 7.23. The molecule has 0 aliphatic rings. The van der Waals surface area contributed by atoms with Crippen molar-refractivity contribution in [2.24, 2.45) is 12.0 Å². The number of hydrogen-bond donors (Lipinski definition) is 2. The van der Waals surface area contributed by atoms with Gasteiger partial charge in [-0.25, -0.2) is 4.99 Å². The Kier molecular flexibility index (Phi) is 7.28. The number of amides is 1. The van der Waals surface area contributed by atoms with Gasteiger partial charge in [-0.3, -0.25) is 9.48 Å². The predicted molar refractivity (Wildman–Crippen MR) is 84.0 cm³/mol. The molecular weight excluding hydrogens is 268 g/mol. The largest absolute Gasteiger partial charge is 0.356 e. The lowest BCUT2D eigenvalue weighted by Crippen LogP contribution is -2.43. The Labute approximate surface area is 126 Å². The van der Waals surface area contributed by atoms with Gasteiger partial charge in [0.1, 0.15) is 0 Å². The van der Waals surface area contributed by atoms with Crippen molar-refractivity contribution in [3.63, 3.8) is 0 Å². The molecule has 0 bridgehead atoms. The molecule has 0 saturated heterocycles. The van der Waals surface area contributed by atoms with Crippen LogP contribution < -0.4 is 10.6 Å². The molecular formula is C14H26N6O. The highest BCUT2D eigenvalue weighted by molar-refractivity contribution is 5.86. The van der Waals surface area contributed by atoms with E-state index in [2.05, 4.69) is 27.6 Å². The Bertz CT molecular complexity index is 466. The fourth-order valence-electron chi connectivity index (χ4n) is 1.59. The predicted octanol–water partition coefficient (Wildman–Crippen LogP) is 0.344. The molecule has 0 aliphatic carbocycles. The van der Waals surface area contributed by atoms with Gasteiger partial charge in [-0.15, -0.1) is 0 Å². The van der Waals surface area contributed by atoms with Crippen LogP contribution in [0.4, 0.5) is 0 Å². The number of aliphatic imine (C=N–C) groups is 1. The maximum absolute atomic E-state index is 11.6. The van der Waals surface area contributed by atoms with Gasteiger partial charge in [-0.2, -0.15) is 5.10 Å². The standard InChI is InChI=1S/C14H26N6O/c1-5-6-8-15-14(17-11-13(21)19(2)3)16-10-12-7-9-18-20(12)4/h7,9H,5-6,8,10-11H2,1-4H3,(H2,15,16,17). The molecule has 0 spiro atoms. The molecule has 21 heavy (non-hydrogen) atoms. The maximum atomic E-state index is 11.6. The molecule has 0 aliphatic heterocycles. The summed E-state index contributed by atoms with van der Waals surface area (Å²) in [5.41, 5.74) is 1.02. The summed E-state index contributed by atoms with van der Waals surface area (Å²) >= 11 is 0. The first-order chi connectivity index (χ1) is 10.0. The topological polar surface area (TPSA) is 74.5 Å². The molecule has 0 fully saturated rings. The molecule has 7 heteroatoms. The number of carbonyl (C=O) groups excluding carboxylic acids is 1. The van der Waals surface area contributed by atoms with Crippen LogP contribution in [0.3, 0.4) is 0 Å². The van der Waals surface area contributed by atoms with E-state index in [4.69, 9.17) is 0 Å². The summed E-state index contributed by atoms with van der Waals surface area (Å²) in [4.78, 5) is 17.7. The summed E-state index contributed by atoms with van der Waals surface area (Å²) in [5, 5.41) is 10.4. The van der Waals surface area contributed by atoms with E-state index in [0.717, 1.165) is 25.1 Å². The van der Waals surface area contributed by atoms with Crippen LogP contribution in [0.5, 0.6) is 0 Å². The smallest absolute Gasteiger partial charge is 0.241 e. The summed E-state index contributed by atoms with van der Waals surface area (Å²) in [7, 11) is 5.36. The van der Waals surface area contributed by atoms with Crippen LogP contribution in [0.15, 0.2) is 17.3 Å². The maximum Gasteiger partial charge on any atom is 0.241 e. The van der Waals surface area contributed by atoms with Gasteiger partial charge in [-0.1, -0.05) is 13.3 Å². The summed E-state index contributed by atoms with van der Waals surface area (Å²) in [6.07, 6.45) is 3.92. The van der Waals surface area contributed by atoms with Crippen LogP contribution in [-0.2, 0) is 18.4 Å². The van der Waals surface area contributed by atoms with E-state index < -0.39 is 0 Å². The second kappa shape index (κ2) is 8.99. The average molecular weight is 294 g/mol. The number of aromatic nitrogens is 2. The van der Waals surface area contributed by atoms with Crippen molar-refractivity contribution in [2.75, 3.05) is 27.2 Å². The Hall–Kier alpha value is -2.05. The Balaban J connectivity index is 2.58. The third-order valence-corrected chi connectivity index (χ3v) is 3.05. The van der Waals surface area contributed by atoms with Crippen molar-refractivity contribution in [1.82, 2.24) is 25.3 Å². The fraction of sp³-hybridized carbons (Fsp3) is 0.643.